The molecule has 0 bridgehead atoms. The monoisotopic (exact) mass is 293 g/mol. The maximum absolute atomic E-state index is 2.50. The van der Waals surface area contributed by atoms with Crippen molar-refractivity contribution in [1.82, 2.24) is 0 Å². The number of unbranched alkanes of at least 4 members (excludes halogenated alkanes) is 3. The number of hydrogen-bond donors (Lipinski definition) is 0. The molecule has 0 saturated heterocycles. The van der Waals surface area contributed by atoms with Gasteiger partial charge in [0, 0.05) is 23.3 Å². The van der Waals surface area contributed by atoms with Crippen LogP contribution in [0.2, 0.25) is 0 Å². The smallest absolute Gasteiger partial charge is 0.0449 e. The predicted octanol–water partition coefficient (Wildman–Crippen LogP) is 6.07. The van der Waals surface area contributed by atoms with E-state index in [2.05, 4.69) is 73.3 Å². The van der Waals surface area contributed by atoms with E-state index in [1.54, 1.807) is 0 Å². The number of rotatable bonds is 6. The number of para-hydroxylation sites is 2. The Morgan fingerprint density at radius 2 is 1.64 bits per heavy atom. The normalized spacial score (nSPS) is 20.2. The SMILES string of the molecule is CCCCCCC1(C)CN(c2ccccc2)c2ccccc21. The molecule has 1 nitrogen and oxygen atoms in total. The van der Waals surface area contributed by atoms with Gasteiger partial charge in [0.15, 0.2) is 0 Å². The molecule has 3 rings (SSSR count). The Morgan fingerprint density at radius 1 is 0.909 bits per heavy atom. The van der Waals surface area contributed by atoms with Gasteiger partial charge in [0.25, 0.3) is 0 Å². The molecular formula is C21H27N. The molecule has 0 saturated carbocycles. The molecule has 0 spiro atoms. The van der Waals surface area contributed by atoms with Gasteiger partial charge in [0.2, 0.25) is 0 Å². The van der Waals surface area contributed by atoms with Gasteiger partial charge in [-0.25, -0.2) is 0 Å². The Bertz CT molecular complexity index is 604. The Labute approximate surface area is 135 Å². The van der Waals surface area contributed by atoms with Crippen molar-refractivity contribution in [2.45, 2.75) is 51.4 Å². The molecular weight excluding hydrogens is 266 g/mol. The number of anilines is 2. The number of hydrogen-bond acceptors (Lipinski definition) is 1. The van der Waals surface area contributed by atoms with Crippen molar-refractivity contribution in [3.8, 4) is 0 Å². The number of nitrogens with zero attached hydrogens (tertiary/aromatic N) is 1. The van der Waals surface area contributed by atoms with Crippen molar-refractivity contribution in [2.75, 3.05) is 11.4 Å². The van der Waals surface area contributed by atoms with Crippen LogP contribution in [-0.4, -0.2) is 6.54 Å². The van der Waals surface area contributed by atoms with E-state index in [9.17, 15) is 0 Å². The van der Waals surface area contributed by atoms with Gasteiger partial charge in [-0.1, -0.05) is 75.9 Å². The summed E-state index contributed by atoms with van der Waals surface area (Å²) in [5.41, 5.74) is 4.51. The van der Waals surface area contributed by atoms with Crippen LogP contribution in [0.4, 0.5) is 11.4 Å². The lowest BCUT2D eigenvalue weighted by Crippen LogP contribution is -2.28. The molecule has 0 aromatic heterocycles. The Hall–Kier alpha value is -1.76. The van der Waals surface area contributed by atoms with E-state index >= 15 is 0 Å². The highest BCUT2D eigenvalue weighted by molar-refractivity contribution is 5.72. The van der Waals surface area contributed by atoms with Gasteiger partial charge >= 0.3 is 0 Å². The molecule has 0 fully saturated rings. The summed E-state index contributed by atoms with van der Waals surface area (Å²) in [6.07, 6.45) is 6.65. The molecule has 0 N–H and O–H groups in total. The molecule has 2 aromatic rings. The maximum atomic E-state index is 2.50. The van der Waals surface area contributed by atoms with Gasteiger partial charge < -0.3 is 4.90 Å². The van der Waals surface area contributed by atoms with Gasteiger partial charge in [-0.3, -0.25) is 0 Å². The van der Waals surface area contributed by atoms with Gasteiger partial charge in [-0.15, -0.1) is 0 Å². The quantitative estimate of drug-likeness (QED) is 0.584. The van der Waals surface area contributed by atoms with Crippen LogP contribution in [0.1, 0.15) is 51.5 Å². The Morgan fingerprint density at radius 3 is 2.41 bits per heavy atom. The summed E-state index contributed by atoms with van der Waals surface area (Å²) in [5, 5.41) is 0. The molecule has 1 aliphatic heterocycles. The second-order valence-corrected chi connectivity index (χ2v) is 6.81. The molecule has 0 amide bonds. The van der Waals surface area contributed by atoms with Gasteiger partial charge in [-0.2, -0.15) is 0 Å². The number of benzene rings is 2. The van der Waals surface area contributed by atoms with Crippen LogP contribution in [0.25, 0.3) is 0 Å². The number of fused-ring (bicyclic) bond motifs is 1. The zero-order valence-corrected chi connectivity index (χ0v) is 13.9. The minimum atomic E-state index is 0.278. The molecule has 1 unspecified atom stereocenters. The molecule has 1 heteroatoms. The van der Waals surface area contributed by atoms with Crippen molar-refractivity contribution in [3.63, 3.8) is 0 Å². The molecule has 0 aliphatic carbocycles. The molecule has 1 atom stereocenters. The fourth-order valence-corrected chi connectivity index (χ4v) is 3.73. The second-order valence-electron chi connectivity index (χ2n) is 6.81. The van der Waals surface area contributed by atoms with E-state index in [1.165, 1.54) is 49.0 Å². The topological polar surface area (TPSA) is 3.24 Å². The molecule has 0 radical (unpaired) electrons. The zero-order valence-electron chi connectivity index (χ0n) is 13.9. The highest BCUT2D eigenvalue weighted by Crippen LogP contribution is 2.46. The van der Waals surface area contributed by atoms with E-state index < -0.39 is 0 Å². The van der Waals surface area contributed by atoms with E-state index in [-0.39, 0.29) is 5.41 Å². The van der Waals surface area contributed by atoms with Crippen LogP contribution in [0.15, 0.2) is 54.6 Å². The molecule has 22 heavy (non-hydrogen) atoms. The summed E-state index contributed by atoms with van der Waals surface area (Å²) in [6, 6.07) is 19.8. The van der Waals surface area contributed by atoms with Crippen molar-refractivity contribution in [1.29, 1.82) is 0 Å². The second kappa shape index (κ2) is 6.56. The standard InChI is InChI=1S/C21H27N/c1-3-4-5-11-16-21(2)17-22(18-12-7-6-8-13-18)20-15-10-9-14-19(20)21/h6-10,12-15H,3-5,11,16-17H2,1-2H3. The summed E-state index contributed by atoms with van der Waals surface area (Å²) in [5.74, 6) is 0. The first-order valence-corrected chi connectivity index (χ1v) is 8.67. The molecule has 2 aromatic carbocycles. The van der Waals surface area contributed by atoms with Crippen LogP contribution in [-0.2, 0) is 5.41 Å². The van der Waals surface area contributed by atoms with Gasteiger partial charge in [0.05, 0.1) is 0 Å². The van der Waals surface area contributed by atoms with Crippen LogP contribution in [0, 0.1) is 0 Å². The van der Waals surface area contributed by atoms with E-state index in [4.69, 9.17) is 0 Å². The first kappa shape index (κ1) is 15.1. The third-order valence-electron chi connectivity index (χ3n) is 5.00. The molecule has 1 aliphatic rings. The van der Waals surface area contributed by atoms with E-state index in [0.717, 1.165) is 6.54 Å². The highest BCUT2D eigenvalue weighted by atomic mass is 15.2. The minimum absolute atomic E-state index is 0.278. The van der Waals surface area contributed by atoms with Gasteiger partial charge in [0.1, 0.15) is 0 Å². The molecule has 1 heterocycles. The van der Waals surface area contributed by atoms with E-state index in [0.29, 0.717) is 0 Å². The maximum Gasteiger partial charge on any atom is 0.0449 e. The summed E-state index contributed by atoms with van der Waals surface area (Å²) >= 11 is 0. The Kier molecular flexibility index (Phi) is 4.52. The molecule has 116 valence electrons. The first-order valence-electron chi connectivity index (χ1n) is 8.67. The van der Waals surface area contributed by atoms with Gasteiger partial charge in [-0.05, 0) is 30.2 Å². The van der Waals surface area contributed by atoms with Crippen molar-refractivity contribution < 1.29 is 0 Å². The summed E-state index contributed by atoms with van der Waals surface area (Å²) in [4.78, 5) is 2.50. The van der Waals surface area contributed by atoms with Crippen LogP contribution < -0.4 is 4.90 Å². The van der Waals surface area contributed by atoms with Crippen LogP contribution >= 0.6 is 0 Å². The fourth-order valence-electron chi connectivity index (χ4n) is 3.73. The van der Waals surface area contributed by atoms with Crippen LogP contribution in [0.3, 0.4) is 0 Å². The van der Waals surface area contributed by atoms with E-state index in [1.807, 2.05) is 0 Å². The Balaban J connectivity index is 1.85. The summed E-state index contributed by atoms with van der Waals surface area (Å²) < 4.78 is 0. The largest absolute Gasteiger partial charge is 0.340 e. The first-order chi connectivity index (χ1) is 10.7. The summed E-state index contributed by atoms with van der Waals surface area (Å²) in [7, 11) is 0. The average Bonchev–Trinajstić information content (AvgIpc) is 2.87. The van der Waals surface area contributed by atoms with Crippen molar-refractivity contribution in [2.24, 2.45) is 0 Å². The average molecular weight is 293 g/mol. The third-order valence-corrected chi connectivity index (χ3v) is 5.00. The zero-order chi connectivity index (χ0) is 15.4. The lowest BCUT2D eigenvalue weighted by molar-refractivity contribution is 0.437. The van der Waals surface area contributed by atoms with Crippen molar-refractivity contribution in [3.05, 3.63) is 60.2 Å². The van der Waals surface area contributed by atoms with Crippen LogP contribution in [0.5, 0.6) is 0 Å². The minimum Gasteiger partial charge on any atom is -0.340 e. The summed E-state index contributed by atoms with van der Waals surface area (Å²) in [6.45, 7) is 5.83. The van der Waals surface area contributed by atoms with Crippen molar-refractivity contribution >= 4 is 11.4 Å². The predicted molar refractivity (Wildman–Crippen MR) is 96.0 cm³/mol. The fraction of sp³-hybridized carbons (Fsp3) is 0.429. The highest BCUT2D eigenvalue weighted by Gasteiger charge is 2.38. The third kappa shape index (κ3) is 2.90. The lowest BCUT2D eigenvalue weighted by Gasteiger charge is -2.26. The lowest BCUT2D eigenvalue weighted by atomic mass is 9.80.